The molecule has 7 heteroatoms. The molecule has 1 N–H and O–H groups in total. The van der Waals surface area contributed by atoms with Gasteiger partial charge < -0.3 is 23.9 Å². The number of aldehydes is 1. The van der Waals surface area contributed by atoms with Crippen LogP contribution in [-0.4, -0.2) is 34.0 Å². The summed E-state index contributed by atoms with van der Waals surface area (Å²) in [4.78, 5) is 28.9. The summed E-state index contributed by atoms with van der Waals surface area (Å²) in [5.41, 5.74) is 4.31. The molecular weight excluding hydrogens is 552 g/mol. The average Bonchev–Trinajstić information content (AvgIpc) is 3.29. The third-order valence-corrected chi connectivity index (χ3v) is 8.33. The quantitative estimate of drug-likeness (QED) is 0.141. The highest BCUT2D eigenvalue weighted by atomic mass is 16.5. The van der Waals surface area contributed by atoms with E-state index in [-0.39, 0.29) is 0 Å². The number of carbonyl (C=O) groups is 2. The van der Waals surface area contributed by atoms with Gasteiger partial charge in [-0.05, 0) is 80.3 Å². The van der Waals surface area contributed by atoms with E-state index >= 15 is 0 Å². The minimum absolute atomic E-state index is 0.315. The molecule has 0 spiro atoms. The zero-order valence-corrected chi connectivity index (χ0v) is 26.1. The number of methoxy groups -OCH3 is 1. The highest BCUT2D eigenvalue weighted by Crippen LogP contribution is 2.37. The van der Waals surface area contributed by atoms with Crippen molar-refractivity contribution in [3.05, 3.63) is 101 Å². The molecule has 7 nitrogen and oxygen atoms in total. The lowest BCUT2D eigenvalue weighted by atomic mass is 9.83. The van der Waals surface area contributed by atoms with Gasteiger partial charge in [-0.15, -0.1) is 0 Å². The summed E-state index contributed by atoms with van der Waals surface area (Å²) in [6.45, 7) is 8.26. The second kappa shape index (κ2) is 12.5. The number of aryl methyl sites for hydroxylation is 1. The molecule has 0 atom stereocenters. The third kappa shape index (κ3) is 6.77. The van der Waals surface area contributed by atoms with Gasteiger partial charge in [0.2, 0.25) is 0 Å². The Labute approximate surface area is 258 Å². The van der Waals surface area contributed by atoms with Crippen LogP contribution in [0.25, 0.3) is 21.8 Å². The van der Waals surface area contributed by atoms with Gasteiger partial charge in [0.25, 0.3) is 0 Å². The highest BCUT2D eigenvalue weighted by Gasteiger charge is 2.32. The Hall–Kier alpha value is -4.65. The summed E-state index contributed by atoms with van der Waals surface area (Å²) in [6, 6.07) is 26.0. The fourth-order valence-electron chi connectivity index (χ4n) is 5.47. The SMILES string of the molecule is COc1ccc(Cn2c(CC(C)(C)C(=O)O)c(CCC(C)(C)C=O)c3cc(OCc4ccc5ccccc5n4)ccc32)cc1. The number of hydrogen-bond acceptors (Lipinski definition) is 5. The number of hydrogen-bond donors (Lipinski definition) is 1. The van der Waals surface area contributed by atoms with Crippen molar-refractivity contribution in [2.45, 2.75) is 60.1 Å². The van der Waals surface area contributed by atoms with Gasteiger partial charge in [0.05, 0.1) is 23.7 Å². The van der Waals surface area contributed by atoms with Crippen molar-refractivity contribution in [1.82, 2.24) is 9.55 Å². The molecule has 0 bridgehead atoms. The van der Waals surface area contributed by atoms with E-state index in [1.165, 1.54) is 0 Å². The maximum absolute atomic E-state index is 12.3. The van der Waals surface area contributed by atoms with Crippen LogP contribution >= 0.6 is 0 Å². The Bertz CT molecular complexity index is 1800. The van der Waals surface area contributed by atoms with E-state index in [0.717, 1.165) is 56.4 Å². The number of carboxylic acid groups (broad SMARTS) is 1. The number of para-hydroxylation sites is 1. The van der Waals surface area contributed by atoms with Crippen molar-refractivity contribution in [2.24, 2.45) is 10.8 Å². The molecule has 0 aliphatic heterocycles. The van der Waals surface area contributed by atoms with Crippen molar-refractivity contribution in [2.75, 3.05) is 7.11 Å². The number of carboxylic acids is 1. The van der Waals surface area contributed by atoms with Crippen LogP contribution in [-0.2, 0) is 35.6 Å². The van der Waals surface area contributed by atoms with Crippen LogP contribution in [0.15, 0.2) is 78.9 Å². The monoisotopic (exact) mass is 592 g/mol. The Morgan fingerprint density at radius 1 is 0.955 bits per heavy atom. The number of nitrogens with zero attached hydrogens (tertiary/aromatic N) is 2. The molecule has 2 heterocycles. The molecule has 0 radical (unpaired) electrons. The van der Waals surface area contributed by atoms with E-state index in [1.54, 1.807) is 21.0 Å². The van der Waals surface area contributed by atoms with E-state index in [2.05, 4.69) is 4.57 Å². The standard InChI is InChI=1S/C37H40N2O5/c1-36(2,24-40)19-18-30-31-20-29(44-23-27-13-12-26-8-6-7-9-32(26)38-27)16-17-33(31)39(34(30)21-37(3,4)35(41)42)22-25-10-14-28(43-5)15-11-25/h6-17,20,24H,18-19,21-23H2,1-5H3,(H,41,42). The number of fused-ring (bicyclic) bond motifs is 2. The number of pyridine rings is 1. The van der Waals surface area contributed by atoms with Crippen molar-refractivity contribution < 1.29 is 24.2 Å². The van der Waals surface area contributed by atoms with Crippen LogP contribution in [0.3, 0.4) is 0 Å². The molecular formula is C37H40N2O5. The first-order valence-electron chi connectivity index (χ1n) is 14.9. The largest absolute Gasteiger partial charge is 0.497 e. The molecule has 0 fully saturated rings. The van der Waals surface area contributed by atoms with Crippen LogP contribution in [0, 0.1) is 10.8 Å². The zero-order valence-electron chi connectivity index (χ0n) is 26.1. The highest BCUT2D eigenvalue weighted by molar-refractivity contribution is 5.88. The predicted molar refractivity (Wildman–Crippen MR) is 173 cm³/mol. The number of aliphatic carboxylic acids is 1. The maximum Gasteiger partial charge on any atom is 0.309 e. The molecule has 0 saturated heterocycles. The molecule has 5 rings (SSSR count). The first kappa shape index (κ1) is 30.8. The molecule has 0 amide bonds. The third-order valence-electron chi connectivity index (χ3n) is 8.33. The van der Waals surface area contributed by atoms with Gasteiger partial charge >= 0.3 is 5.97 Å². The van der Waals surface area contributed by atoms with Crippen LogP contribution < -0.4 is 9.47 Å². The molecule has 0 saturated carbocycles. The molecule has 0 aliphatic rings. The van der Waals surface area contributed by atoms with E-state index in [9.17, 15) is 14.7 Å². The molecule has 2 aromatic heterocycles. The maximum atomic E-state index is 12.3. The summed E-state index contributed by atoms with van der Waals surface area (Å²) in [6.07, 6.45) is 2.58. The van der Waals surface area contributed by atoms with Gasteiger partial charge in [0, 0.05) is 40.4 Å². The minimum Gasteiger partial charge on any atom is -0.497 e. The summed E-state index contributed by atoms with van der Waals surface area (Å²) in [7, 11) is 1.64. The fraction of sp³-hybridized carbons (Fsp3) is 0.324. The fourth-order valence-corrected chi connectivity index (χ4v) is 5.47. The number of benzene rings is 3. The second-order valence-electron chi connectivity index (χ2n) is 12.8. The predicted octanol–water partition coefficient (Wildman–Crippen LogP) is 7.64. The van der Waals surface area contributed by atoms with Crippen molar-refractivity contribution in [1.29, 1.82) is 0 Å². The van der Waals surface area contributed by atoms with E-state index in [0.29, 0.717) is 38.2 Å². The van der Waals surface area contributed by atoms with E-state index in [1.807, 2.05) is 92.7 Å². The van der Waals surface area contributed by atoms with Gasteiger partial charge in [-0.3, -0.25) is 4.79 Å². The van der Waals surface area contributed by atoms with E-state index < -0.39 is 16.8 Å². The van der Waals surface area contributed by atoms with Gasteiger partial charge in [-0.1, -0.05) is 50.2 Å². The smallest absolute Gasteiger partial charge is 0.309 e. The van der Waals surface area contributed by atoms with Gasteiger partial charge in [-0.25, -0.2) is 4.98 Å². The topological polar surface area (TPSA) is 90.7 Å². The summed E-state index contributed by atoms with van der Waals surface area (Å²) < 4.78 is 13.8. The zero-order chi connectivity index (χ0) is 31.5. The second-order valence-corrected chi connectivity index (χ2v) is 12.8. The Balaban J connectivity index is 1.58. The van der Waals surface area contributed by atoms with Gasteiger partial charge in [0.15, 0.2) is 0 Å². The van der Waals surface area contributed by atoms with Crippen LogP contribution in [0.2, 0.25) is 0 Å². The minimum atomic E-state index is -0.998. The van der Waals surface area contributed by atoms with Crippen molar-refractivity contribution >= 4 is 34.1 Å². The molecule has 44 heavy (non-hydrogen) atoms. The Kier molecular flexibility index (Phi) is 8.77. The van der Waals surface area contributed by atoms with Crippen LogP contribution in [0.4, 0.5) is 0 Å². The number of aromatic nitrogens is 2. The summed E-state index contributed by atoms with van der Waals surface area (Å²) in [5, 5.41) is 12.2. The Morgan fingerprint density at radius 3 is 2.39 bits per heavy atom. The number of ether oxygens (including phenoxy) is 2. The average molecular weight is 593 g/mol. The van der Waals surface area contributed by atoms with Crippen molar-refractivity contribution in [3.8, 4) is 11.5 Å². The number of carbonyl (C=O) groups excluding carboxylic acids is 1. The lowest BCUT2D eigenvalue weighted by Crippen LogP contribution is -2.28. The van der Waals surface area contributed by atoms with Crippen molar-refractivity contribution in [3.63, 3.8) is 0 Å². The Morgan fingerprint density at radius 2 is 1.68 bits per heavy atom. The summed E-state index contributed by atoms with van der Waals surface area (Å²) >= 11 is 0. The number of rotatable bonds is 13. The molecule has 228 valence electrons. The van der Waals surface area contributed by atoms with E-state index in [4.69, 9.17) is 14.5 Å². The normalized spacial score (nSPS) is 12.0. The van der Waals surface area contributed by atoms with Crippen LogP contribution in [0.1, 0.15) is 56.6 Å². The lowest BCUT2D eigenvalue weighted by Gasteiger charge is -2.23. The molecule has 0 aliphatic carbocycles. The first-order chi connectivity index (χ1) is 21.0. The van der Waals surface area contributed by atoms with Gasteiger partial charge in [-0.2, -0.15) is 0 Å². The van der Waals surface area contributed by atoms with Crippen LogP contribution in [0.5, 0.6) is 11.5 Å². The molecule has 5 aromatic rings. The van der Waals surface area contributed by atoms with Gasteiger partial charge in [0.1, 0.15) is 24.4 Å². The first-order valence-corrected chi connectivity index (χ1v) is 14.9. The molecule has 3 aromatic carbocycles. The lowest BCUT2D eigenvalue weighted by molar-refractivity contribution is -0.146. The summed E-state index contributed by atoms with van der Waals surface area (Å²) in [5.74, 6) is 0.622. The molecule has 0 unspecified atom stereocenters.